The van der Waals surface area contributed by atoms with E-state index in [0.29, 0.717) is 0 Å². The van der Waals surface area contributed by atoms with Gasteiger partial charge < -0.3 is 0 Å². The van der Waals surface area contributed by atoms with Crippen LogP contribution in [-0.4, -0.2) is 0 Å². The van der Waals surface area contributed by atoms with E-state index < -0.39 is 0 Å². The van der Waals surface area contributed by atoms with E-state index in [0.717, 1.165) is 0 Å². The van der Waals surface area contributed by atoms with Gasteiger partial charge in [-0.1, -0.05) is 97.1 Å². The number of benzene rings is 6. The molecule has 0 spiro atoms. The molecule has 0 aromatic heterocycles. The van der Waals surface area contributed by atoms with E-state index in [9.17, 15) is 0 Å². The third-order valence-electron chi connectivity index (χ3n) is 6.18. The molecule has 29 heavy (non-hydrogen) atoms. The van der Waals surface area contributed by atoms with Crippen LogP contribution in [0.3, 0.4) is 0 Å². The van der Waals surface area contributed by atoms with Crippen LogP contribution in [0, 0.1) is 6.92 Å². The zero-order valence-electron chi connectivity index (χ0n) is 16.3. The molecule has 6 rings (SSSR count). The smallest absolute Gasteiger partial charge is 0.00264 e. The zero-order chi connectivity index (χ0) is 19.4. The second-order valence-electron chi connectivity index (χ2n) is 7.83. The lowest BCUT2D eigenvalue weighted by atomic mass is 9.88. The molecule has 6 aromatic rings. The topological polar surface area (TPSA) is 0 Å². The molecule has 0 N–H and O–H groups in total. The van der Waals surface area contributed by atoms with E-state index in [-0.39, 0.29) is 0 Å². The van der Waals surface area contributed by atoms with Crippen molar-refractivity contribution in [3.8, 4) is 11.1 Å². The average molecular weight is 368 g/mol. The van der Waals surface area contributed by atoms with Crippen LogP contribution in [0.1, 0.15) is 5.56 Å². The molecular formula is C29H20. The normalized spacial score (nSPS) is 11.6. The Balaban J connectivity index is 1.82. The molecule has 0 saturated heterocycles. The Morgan fingerprint density at radius 1 is 0.414 bits per heavy atom. The number of hydrogen-bond donors (Lipinski definition) is 0. The van der Waals surface area contributed by atoms with Crippen molar-refractivity contribution in [1.29, 1.82) is 0 Å². The van der Waals surface area contributed by atoms with Crippen molar-refractivity contribution in [1.82, 2.24) is 0 Å². The van der Waals surface area contributed by atoms with Gasteiger partial charge in [0.2, 0.25) is 0 Å². The SMILES string of the molecule is Cc1ccc(-c2cc3ccc4ccccc4c3c3ccccc23)c2ccccc12. The molecule has 136 valence electrons. The predicted molar refractivity (Wildman–Crippen MR) is 127 cm³/mol. The van der Waals surface area contributed by atoms with Gasteiger partial charge in [0.1, 0.15) is 0 Å². The maximum atomic E-state index is 2.38. The summed E-state index contributed by atoms with van der Waals surface area (Å²) in [5.74, 6) is 0. The number of aryl methyl sites for hydroxylation is 1. The molecule has 0 unspecified atom stereocenters. The molecule has 0 heteroatoms. The lowest BCUT2D eigenvalue weighted by Crippen LogP contribution is -1.88. The molecule has 0 aliphatic rings. The quantitative estimate of drug-likeness (QED) is 0.256. The summed E-state index contributed by atoms with van der Waals surface area (Å²) < 4.78 is 0. The first-order valence-electron chi connectivity index (χ1n) is 10.1. The third kappa shape index (κ3) is 2.39. The lowest BCUT2D eigenvalue weighted by Gasteiger charge is -2.15. The van der Waals surface area contributed by atoms with Crippen molar-refractivity contribution in [3.63, 3.8) is 0 Å². The van der Waals surface area contributed by atoms with Gasteiger partial charge in [0.05, 0.1) is 0 Å². The summed E-state index contributed by atoms with van der Waals surface area (Å²) in [7, 11) is 0. The summed E-state index contributed by atoms with van der Waals surface area (Å²) >= 11 is 0. The zero-order valence-corrected chi connectivity index (χ0v) is 16.3. The van der Waals surface area contributed by atoms with Gasteiger partial charge in [-0.2, -0.15) is 0 Å². The van der Waals surface area contributed by atoms with Crippen molar-refractivity contribution >= 4 is 43.1 Å². The average Bonchev–Trinajstić information content (AvgIpc) is 2.79. The summed E-state index contributed by atoms with van der Waals surface area (Å²) in [6, 6.07) is 37.7. The largest absolute Gasteiger partial charge is 0.0616 e. The van der Waals surface area contributed by atoms with Crippen LogP contribution in [0.25, 0.3) is 54.2 Å². The second-order valence-corrected chi connectivity index (χ2v) is 7.83. The van der Waals surface area contributed by atoms with Crippen molar-refractivity contribution in [2.75, 3.05) is 0 Å². The molecule has 0 atom stereocenters. The van der Waals surface area contributed by atoms with E-state index in [1.807, 2.05) is 0 Å². The Kier molecular flexibility index (Phi) is 3.48. The molecule has 0 fully saturated rings. The Labute approximate surface area is 170 Å². The van der Waals surface area contributed by atoms with Gasteiger partial charge in [-0.15, -0.1) is 0 Å². The van der Waals surface area contributed by atoms with Gasteiger partial charge in [0.25, 0.3) is 0 Å². The fourth-order valence-corrected chi connectivity index (χ4v) is 4.79. The van der Waals surface area contributed by atoms with Crippen LogP contribution in [0.5, 0.6) is 0 Å². The van der Waals surface area contributed by atoms with Crippen molar-refractivity contribution in [2.45, 2.75) is 6.92 Å². The molecule has 0 saturated carbocycles. The number of rotatable bonds is 1. The highest BCUT2D eigenvalue weighted by atomic mass is 14.2. The second kappa shape index (κ2) is 6.18. The summed E-state index contributed by atoms with van der Waals surface area (Å²) in [5.41, 5.74) is 3.93. The van der Waals surface area contributed by atoms with Crippen molar-refractivity contribution in [2.24, 2.45) is 0 Å². The molecular weight excluding hydrogens is 348 g/mol. The highest BCUT2D eigenvalue weighted by molar-refractivity contribution is 6.24. The van der Waals surface area contributed by atoms with Crippen LogP contribution in [0.2, 0.25) is 0 Å². The molecule has 0 bridgehead atoms. The predicted octanol–water partition coefficient (Wildman–Crippen LogP) is 8.27. The van der Waals surface area contributed by atoms with Crippen LogP contribution in [0.4, 0.5) is 0 Å². The highest BCUT2D eigenvalue weighted by Crippen LogP contribution is 2.40. The summed E-state index contributed by atoms with van der Waals surface area (Å²) in [5, 5.41) is 10.5. The first-order chi connectivity index (χ1) is 14.3. The minimum atomic E-state index is 1.29. The Hall–Kier alpha value is -3.64. The van der Waals surface area contributed by atoms with Crippen LogP contribution >= 0.6 is 0 Å². The van der Waals surface area contributed by atoms with E-state index in [1.165, 1.54) is 59.8 Å². The van der Waals surface area contributed by atoms with Crippen LogP contribution in [0.15, 0.2) is 103 Å². The van der Waals surface area contributed by atoms with Crippen molar-refractivity contribution < 1.29 is 0 Å². The highest BCUT2D eigenvalue weighted by Gasteiger charge is 2.13. The molecule has 0 amide bonds. The van der Waals surface area contributed by atoms with Crippen LogP contribution < -0.4 is 0 Å². The maximum Gasteiger partial charge on any atom is -0.00264 e. The molecule has 0 aliphatic heterocycles. The Morgan fingerprint density at radius 3 is 1.79 bits per heavy atom. The maximum absolute atomic E-state index is 2.38. The van der Waals surface area contributed by atoms with E-state index >= 15 is 0 Å². The van der Waals surface area contributed by atoms with Gasteiger partial charge in [-0.05, 0) is 72.8 Å². The Bertz CT molecular complexity index is 1550. The molecule has 0 aliphatic carbocycles. The first-order valence-corrected chi connectivity index (χ1v) is 10.1. The summed E-state index contributed by atoms with van der Waals surface area (Å²) in [4.78, 5) is 0. The van der Waals surface area contributed by atoms with Gasteiger partial charge in [-0.3, -0.25) is 0 Å². The van der Waals surface area contributed by atoms with Crippen molar-refractivity contribution in [3.05, 3.63) is 109 Å². The van der Waals surface area contributed by atoms with Crippen LogP contribution in [-0.2, 0) is 0 Å². The molecule has 0 radical (unpaired) electrons. The summed E-state index contributed by atoms with van der Waals surface area (Å²) in [6.07, 6.45) is 0. The van der Waals surface area contributed by atoms with Gasteiger partial charge in [0.15, 0.2) is 0 Å². The minimum Gasteiger partial charge on any atom is -0.0616 e. The number of hydrogen-bond acceptors (Lipinski definition) is 0. The summed E-state index contributed by atoms with van der Waals surface area (Å²) in [6.45, 7) is 2.19. The lowest BCUT2D eigenvalue weighted by molar-refractivity contribution is 1.53. The van der Waals surface area contributed by atoms with E-state index in [2.05, 4.69) is 110 Å². The molecule has 0 nitrogen and oxygen atoms in total. The fourth-order valence-electron chi connectivity index (χ4n) is 4.79. The van der Waals surface area contributed by atoms with Gasteiger partial charge >= 0.3 is 0 Å². The monoisotopic (exact) mass is 368 g/mol. The molecule has 6 aromatic carbocycles. The molecule has 0 heterocycles. The third-order valence-corrected chi connectivity index (χ3v) is 6.18. The van der Waals surface area contributed by atoms with Gasteiger partial charge in [0, 0.05) is 0 Å². The van der Waals surface area contributed by atoms with E-state index in [1.54, 1.807) is 0 Å². The van der Waals surface area contributed by atoms with E-state index in [4.69, 9.17) is 0 Å². The number of fused-ring (bicyclic) bond motifs is 6. The standard InChI is InChI=1S/C29H20/c1-19-14-17-26(24-11-5-4-9-22(19)24)28-18-21-16-15-20-8-2-3-10-23(20)29(21)27-13-7-6-12-25(27)28/h2-18H,1H3. The fraction of sp³-hybridized carbons (Fsp3) is 0.0345. The Morgan fingerprint density at radius 2 is 1.00 bits per heavy atom. The van der Waals surface area contributed by atoms with Gasteiger partial charge in [-0.25, -0.2) is 0 Å². The minimum absolute atomic E-state index is 1.29. The first kappa shape index (κ1) is 16.3.